The molecule has 7 nitrogen and oxygen atoms in total. The molecule has 0 heterocycles. The normalized spacial score (nSPS) is 9.58. The summed E-state index contributed by atoms with van der Waals surface area (Å²) in [5.74, 6) is -0.343. The molecule has 0 saturated carbocycles. The van der Waals surface area contributed by atoms with Crippen LogP contribution in [0.25, 0.3) is 11.1 Å². The lowest BCUT2D eigenvalue weighted by molar-refractivity contribution is -0.140. The molecule has 26 heavy (non-hydrogen) atoms. The molecule has 0 unspecified atom stereocenters. The molecule has 2 aromatic carbocycles. The Morgan fingerprint density at radius 1 is 1.04 bits per heavy atom. The van der Waals surface area contributed by atoms with E-state index in [0.29, 0.717) is 11.3 Å². The molecule has 0 fully saturated rings. The van der Waals surface area contributed by atoms with Crippen molar-refractivity contribution in [3.05, 3.63) is 54.1 Å². The van der Waals surface area contributed by atoms with Crippen LogP contribution in [0.4, 0.5) is 10.5 Å². The molecule has 138 valence electrons. The second-order valence-corrected chi connectivity index (χ2v) is 5.28. The van der Waals surface area contributed by atoms with Crippen LogP contribution in [0.15, 0.2) is 48.5 Å². The van der Waals surface area contributed by atoms with E-state index in [9.17, 15) is 9.59 Å². The van der Waals surface area contributed by atoms with Gasteiger partial charge < -0.3 is 21.1 Å². The summed E-state index contributed by atoms with van der Waals surface area (Å²) in [6.45, 7) is 0.207. The van der Waals surface area contributed by atoms with E-state index < -0.39 is 0 Å². The maximum absolute atomic E-state index is 11.7. The lowest BCUT2D eigenvalue weighted by atomic mass is 10.0. The molecule has 5 N–H and O–H groups in total. The van der Waals surface area contributed by atoms with Gasteiger partial charge in [0.2, 0.25) is 0 Å². The van der Waals surface area contributed by atoms with Gasteiger partial charge in [-0.3, -0.25) is 10.2 Å². The standard InChI is InChI=1S/C18H20N4O3.ClH/c1-25-16(23)10-11-21-18(24)22-15-8-6-13(7-9-15)12-2-4-14(5-3-12)17(19)20;/h2-9H,10-11H2,1H3,(H3,19,20)(H2,21,22,24);1H. The predicted molar refractivity (Wildman–Crippen MR) is 104 cm³/mol. The van der Waals surface area contributed by atoms with E-state index in [-0.39, 0.29) is 43.2 Å². The highest BCUT2D eigenvalue weighted by atomic mass is 35.5. The van der Waals surface area contributed by atoms with Crippen molar-refractivity contribution < 1.29 is 14.3 Å². The third kappa shape index (κ3) is 6.10. The van der Waals surface area contributed by atoms with E-state index in [1.165, 1.54) is 7.11 Å². The van der Waals surface area contributed by atoms with Crippen LogP contribution in [0, 0.1) is 5.41 Å². The summed E-state index contributed by atoms with van der Waals surface area (Å²) < 4.78 is 4.50. The summed E-state index contributed by atoms with van der Waals surface area (Å²) in [7, 11) is 1.30. The highest BCUT2D eigenvalue weighted by molar-refractivity contribution is 5.95. The Balaban J connectivity index is 0.00000338. The first-order valence-corrected chi connectivity index (χ1v) is 7.66. The lowest BCUT2D eigenvalue weighted by Gasteiger charge is -2.08. The van der Waals surface area contributed by atoms with Crippen molar-refractivity contribution in [2.24, 2.45) is 5.73 Å². The maximum Gasteiger partial charge on any atom is 0.319 e. The van der Waals surface area contributed by atoms with Crippen molar-refractivity contribution in [2.75, 3.05) is 19.0 Å². The van der Waals surface area contributed by atoms with Gasteiger partial charge in [0, 0.05) is 17.8 Å². The van der Waals surface area contributed by atoms with E-state index in [4.69, 9.17) is 11.1 Å². The van der Waals surface area contributed by atoms with Gasteiger partial charge in [-0.05, 0) is 23.3 Å². The molecule has 2 amide bonds. The molecule has 2 aromatic rings. The summed E-state index contributed by atoms with van der Waals surface area (Å²) in [6, 6.07) is 14.3. The zero-order chi connectivity index (χ0) is 18.2. The van der Waals surface area contributed by atoms with Gasteiger partial charge in [-0.15, -0.1) is 12.4 Å². The Morgan fingerprint density at radius 3 is 2.08 bits per heavy atom. The Bertz CT molecular complexity index is 761. The first-order valence-electron chi connectivity index (χ1n) is 7.66. The number of rotatable bonds is 6. The minimum Gasteiger partial charge on any atom is -0.469 e. The summed E-state index contributed by atoms with van der Waals surface area (Å²) >= 11 is 0. The van der Waals surface area contributed by atoms with E-state index in [2.05, 4.69) is 15.4 Å². The van der Waals surface area contributed by atoms with Gasteiger partial charge >= 0.3 is 12.0 Å². The number of nitrogens with one attached hydrogen (secondary N) is 3. The third-order valence-electron chi connectivity index (χ3n) is 3.51. The van der Waals surface area contributed by atoms with Crippen molar-refractivity contribution in [2.45, 2.75) is 6.42 Å². The zero-order valence-corrected chi connectivity index (χ0v) is 15.1. The van der Waals surface area contributed by atoms with Crippen LogP contribution in [-0.2, 0) is 9.53 Å². The maximum atomic E-state index is 11.7. The highest BCUT2D eigenvalue weighted by Gasteiger charge is 2.05. The first kappa shape index (κ1) is 21.0. The van der Waals surface area contributed by atoms with Gasteiger partial charge in [0.25, 0.3) is 0 Å². The van der Waals surface area contributed by atoms with Gasteiger partial charge in [-0.1, -0.05) is 36.4 Å². The van der Waals surface area contributed by atoms with Gasteiger partial charge in [-0.2, -0.15) is 0 Å². The van der Waals surface area contributed by atoms with E-state index in [1.807, 2.05) is 24.3 Å². The first-order chi connectivity index (χ1) is 12.0. The number of esters is 1. The number of ether oxygens (including phenoxy) is 1. The van der Waals surface area contributed by atoms with E-state index >= 15 is 0 Å². The van der Waals surface area contributed by atoms with Crippen molar-refractivity contribution >= 4 is 35.9 Å². The van der Waals surface area contributed by atoms with Crippen LogP contribution in [0.5, 0.6) is 0 Å². The number of urea groups is 1. The second-order valence-electron chi connectivity index (χ2n) is 5.28. The molecule has 0 atom stereocenters. The largest absolute Gasteiger partial charge is 0.469 e. The van der Waals surface area contributed by atoms with Crippen molar-refractivity contribution in [3.8, 4) is 11.1 Å². The number of carbonyl (C=O) groups is 2. The molecule has 0 bridgehead atoms. The third-order valence-corrected chi connectivity index (χ3v) is 3.51. The van der Waals surface area contributed by atoms with Crippen LogP contribution in [0.3, 0.4) is 0 Å². The number of hydrogen-bond acceptors (Lipinski definition) is 4. The predicted octanol–water partition coefficient (Wildman–Crippen LogP) is 2.74. The number of amides is 2. The summed E-state index contributed by atoms with van der Waals surface area (Å²) in [5.41, 5.74) is 8.71. The fourth-order valence-electron chi connectivity index (χ4n) is 2.14. The number of nitrogens with two attached hydrogens (primary N) is 1. The number of benzene rings is 2. The molecule has 0 radical (unpaired) electrons. The molecule has 0 saturated heterocycles. The number of methoxy groups -OCH3 is 1. The summed E-state index contributed by atoms with van der Waals surface area (Å²) in [4.78, 5) is 22.7. The van der Waals surface area contributed by atoms with Crippen LogP contribution in [0.2, 0.25) is 0 Å². The SMILES string of the molecule is COC(=O)CCNC(=O)Nc1ccc(-c2ccc(C(=N)N)cc2)cc1.Cl. The summed E-state index contributed by atoms with van der Waals surface area (Å²) in [6.07, 6.45) is 0.124. The molecule has 0 spiro atoms. The van der Waals surface area contributed by atoms with Crippen LogP contribution in [0.1, 0.15) is 12.0 Å². The van der Waals surface area contributed by atoms with Crippen LogP contribution < -0.4 is 16.4 Å². The van der Waals surface area contributed by atoms with Crippen LogP contribution >= 0.6 is 12.4 Å². The molecule has 0 aromatic heterocycles. The number of nitrogen functional groups attached to an aromatic ring is 1. The molecule has 0 aliphatic heterocycles. The minimum atomic E-state index is -0.387. The average molecular weight is 377 g/mol. The fourth-order valence-corrected chi connectivity index (χ4v) is 2.14. The molecule has 0 aliphatic rings. The van der Waals surface area contributed by atoms with Crippen molar-refractivity contribution in [3.63, 3.8) is 0 Å². The van der Waals surface area contributed by atoms with Crippen LogP contribution in [-0.4, -0.2) is 31.5 Å². The Morgan fingerprint density at radius 2 is 1.58 bits per heavy atom. The topological polar surface area (TPSA) is 117 Å². The fraction of sp³-hybridized carbons (Fsp3) is 0.167. The second kappa shape index (κ2) is 10.0. The van der Waals surface area contributed by atoms with Crippen molar-refractivity contribution in [1.82, 2.24) is 5.32 Å². The van der Waals surface area contributed by atoms with Gasteiger partial charge in [0.05, 0.1) is 13.5 Å². The smallest absolute Gasteiger partial charge is 0.319 e. The average Bonchev–Trinajstić information content (AvgIpc) is 2.62. The number of amidine groups is 1. The molecular weight excluding hydrogens is 356 g/mol. The molecule has 8 heteroatoms. The highest BCUT2D eigenvalue weighted by Crippen LogP contribution is 2.21. The molecular formula is C18H21ClN4O3. The Kier molecular flexibility index (Phi) is 8.11. The van der Waals surface area contributed by atoms with E-state index in [0.717, 1.165) is 11.1 Å². The van der Waals surface area contributed by atoms with Gasteiger partial charge in [0.15, 0.2) is 0 Å². The molecule has 2 rings (SSSR count). The Labute approximate surface area is 157 Å². The van der Waals surface area contributed by atoms with E-state index in [1.54, 1.807) is 24.3 Å². The number of anilines is 1. The Hall–Kier alpha value is -3.06. The number of hydrogen-bond donors (Lipinski definition) is 4. The monoisotopic (exact) mass is 376 g/mol. The number of halogens is 1. The minimum absolute atomic E-state index is 0. The van der Waals surface area contributed by atoms with Gasteiger partial charge in [0.1, 0.15) is 5.84 Å². The van der Waals surface area contributed by atoms with Gasteiger partial charge in [-0.25, -0.2) is 4.79 Å². The summed E-state index contributed by atoms with van der Waals surface area (Å²) in [5, 5.41) is 12.7. The van der Waals surface area contributed by atoms with Crippen molar-refractivity contribution in [1.29, 1.82) is 5.41 Å². The molecule has 0 aliphatic carbocycles. The lowest BCUT2D eigenvalue weighted by Crippen LogP contribution is -2.30. The quantitative estimate of drug-likeness (QED) is 0.352. The zero-order valence-electron chi connectivity index (χ0n) is 14.2. The number of carbonyl (C=O) groups excluding carboxylic acids is 2.